The number of rotatable bonds is 9. The molecule has 0 aliphatic heterocycles. The molecule has 0 amide bonds. The van der Waals surface area contributed by atoms with Crippen LogP contribution < -0.4 is 5.32 Å². The number of hydrogen-bond acceptors (Lipinski definition) is 5. The molecule has 0 aliphatic rings. The minimum absolute atomic E-state index is 0.0899. The quantitative estimate of drug-likeness (QED) is 0.666. The maximum Gasteiger partial charge on any atom is 0.371 e. The van der Waals surface area contributed by atoms with Gasteiger partial charge in [0.05, 0.1) is 12.3 Å². The molecular weight excluding hydrogens is 296 g/mol. The van der Waals surface area contributed by atoms with Crippen molar-refractivity contribution in [1.82, 2.24) is 9.62 Å². The van der Waals surface area contributed by atoms with Crippen LogP contribution >= 0.6 is 0 Å². The molecule has 1 rings (SSSR count). The van der Waals surface area contributed by atoms with Crippen LogP contribution in [0.25, 0.3) is 0 Å². The van der Waals surface area contributed by atoms with Gasteiger partial charge in [-0.25, -0.2) is 17.5 Å². The van der Waals surface area contributed by atoms with Gasteiger partial charge in [-0.3, -0.25) is 0 Å². The molecule has 1 atom stereocenters. The van der Waals surface area contributed by atoms with E-state index in [1.807, 2.05) is 6.92 Å². The van der Waals surface area contributed by atoms with E-state index in [9.17, 15) is 13.2 Å². The van der Waals surface area contributed by atoms with Crippen molar-refractivity contribution in [1.29, 1.82) is 0 Å². The lowest BCUT2D eigenvalue weighted by atomic mass is 10.2. The number of carboxylic acids is 1. The molecule has 0 aliphatic carbocycles. The monoisotopic (exact) mass is 318 g/mol. The highest BCUT2D eigenvalue weighted by atomic mass is 32.2. The molecule has 0 saturated heterocycles. The summed E-state index contributed by atoms with van der Waals surface area (Å²) in [5.41, 5.74) is 0. The smallest absolute Gasteiger partial charge is 0.371 e. The maximum atomic E-state index is 11.4. The molecule has 1 unspecified atom stereocenters. The van der Waals surface area contributed by atoms with Crippen LogP contribution in [-0.2, 0) is 10.0 Å². The second-order valence-corrected chi connectivity index (χ2v) is 6.77. The third-order valence-corrected chi connectivity index (χ3v) is 4.50. The van der Waals surface area contributed by atoms with Gasteiger partial charge in [-0.1, -0.05) is 6.92 Å². The van der Waals surface area contributed by atoms with Crippen LogP contribution in [0.5, 0.6) is 0 Å². The van der Waals surface area contributed by atoms with E-state index < -0.39 is 16.0 Å². The summed E-state index contributed by atoms with van der Waals surface area (Å²) in [4.78, 5) is 10.7. The van der Waals surface area contributed by atoms with Gasteiger partial charge in [-0.15, -0.1) is 0 Å². The Morgan fingerprint density at radius 1 is 1.48 bits per heavy atom. The van der Waals surface area contributed by atoms with Crippen molar-refractivity contribution >= 4 is 16.0 Å². The number of sulfonamides is 1. The molecule has 120 valence electrons. The molecule has 7 nitrogen and oxygen atoms in total. The van der Waals surface area contributed by atoms with Gasteiger partial charge in [0.1, 0.15) is 5.76 Å². The maximum absolute atomic E-state index is 11.4. The van der Waals surface area contributed by atoms with Crippen molar-refractivity contribution < 1.29 is 22.7 Å². The van der Waals surface area contributed by atoms with Crippen molar-refractivity contribution in [2.24, 2.45) is 0 Å². The van der Waals surface area contributed by atoms with E-state index in [1.54, 1.807) is 13.0 Å². The van der Waals surface area contributed by atoms with Gasteiger partial charge in [0.25, 0.3) is 0 Å². The zero-order chi connectivity index (χ0) is 16.0. The zero-order valence-corrected chi connectivity index (χ0v) is 13.3. The summed E-state index contributed by atoms with van der Waals surface area (Å²) in [7, 11) is -3.15. The Labute approximate surface area is 125 Å². The molecule has 2 N–H and O–H groups in total. The topological polar surface area (TPSA) is 99.8 Å². The number of hydrogen-bond donors (Lipinski definition) is 2. The second-order valence-electron chi connectivity index (χ2n) is 4.79. The number of furan rings is 1. The van der Waals surface area contributed by atoms with E-state index in [2.05, 4.69) is 5.32 Å². The lowest BCUT2D eigenvalue weighted by Crippen LogP contribution is -2.32. The number of nitrogens with zero attached hydrogens (tertiary/aromatic N) is 1. The Hall–Kier alpha value is -1.38. The minimum atomic E-state index is -3.15. The van der Waals surface area contributed by atoms with E-state index in [1.165, 1.54) is 16.6 Å². The number of aromatic carboxylic acids is 1. The van der Waals surface area contributed by atoms with Gasteiger partial charge in [-0.05, 0) is 32.0 Å². The molecule has 1 aromatic heterocycles. The molecule has 0 fully saturated rings. The lowest BCUT2D eigenvalue weighted by molar-refractivity contribution is 0.0659. The predicted molar refractivity (Wildman–Crippen MR) is 78.8 cm³/mol. The third kappa shape index (κ3) is 5.49. The Morgan fingerprint density at radius 3 is 2.62 bits per heavy atom. The Morgan fingerprint density at radius 2 is 2.14 bits per heavy atom. The Balaban J connectivity index is 2.39. The fraction of sp³-hybridized carbons (Fsp3) is 0.615. The molecule has 0 aromatic carbocycles. The molecule has 1 aromatic rings. The van der Waals surface area contributed by atoms with E-state index in [-0.39, 0.29) is 11.8 Å². The largest absolute Gasteiger partial charge is 0.475 e. The van der Waals surface area contributed by atoms with Crippen LogP contribution in [0.1, 0.15) is 42.6 Å². The van der Waals surface area contributed by atoms with Gasteiger partial charge in [0.2, 0.25) is 15.8 Å². The van der Waals surface area contributed by atoms with Crippen LogP contribution in [-0.4, -0.2) is 49.7 Å². The van der Waals surface area contributed by atoms with Gasteiger partial charge in [0, 0.05) is 13.1 Å². The normalized spacial score (nSPS) is 13.5. The molecule has 1 heterocycles. The van der Waals surface area contributed by atoms with Crippen LogP contribution in [0.3, 0.4) is 0 Å². The standard InChI is InChI=1S/C13H22N2O5S/c1-4-15(21(3,18)19)9-5-8-14-10(2)11-6-7-12(20-11)13(16)17/h6-7,10,14H,4-5,8-9H2,1-3H3,(H,16,17). The average Bonchev–Trinajstić information content (AvgIpc) is 2.86. The first kappa shape index (κ1) is 17.7. The molecule has 0 bridgehead atoms. The van der Waals surface area contributed by atoms with E-state index in [0.717, 1.165) is 0 Å². The summed E-state index contributed by atoms with van der Waals surface area (Å²) < 4.78 is 29.4. The molecule has 8 heteroatoms. The fourth-order valence-corrected chi connectivity index (χ4v) is 2.86. The molecule has 0 radical (unpaired) electrons. The minimum Gasteiger partial charge on any atom is -0.475 e. The van der Waals surface area contributed by atoms with Crippen LogP contribution in [0.15, 0.2) is 16.5 Å². The van der Waals surface area contributed by atoms with Crippen LogP contribution in [0.4, 0.5) is 0 Å². The summed E-state index contributed by atoms with van der Waals surface area (Å²) in [6, 6.07) is 2.90. The number of carbonyl (C=O) groups is 1. The van der Waals surface area contributed by atoms with Crippen LogP contribution in [0.2, 0.25) is 0 Å². The molecule has 0 spiro atoms. The molecular formula is C13H22N2O5S. The first-order valence-electron chi connectivity index (χ1n) is 6.77. The molecule has 21 heavy (non-hydrogen) atoms. The second kappa shape index (κ2) is 7.58. The summed E-state index contributed by atoms with van der Waals surface area (Å²) in [5.74, 6) is -0.643. The van der Waals surface area contributed by atoms with Gasteiger partial charge >= 0.3 is 5.97 Å². The molecule has 0 saturated carbocycles. The fourth-order valence-electron chi connectivity index (χ4n) is 1.93. The van der Waals surface area contributed by atoms with Crippen molar-refractivity contribution in [2.75, 3.05) is 25.9 Å². The first-order valence-corrected chi connectivity index (χ1v) is 8.62. The highest BCUT2D eigenvalue weighted by Crippen LogP contribution is 2.16. The Bertz CT molecular complexity index is 567. The number of carboxylic acid groups (broad SMARTS) is 1. The van der Waals surface area contributed by atoms with Crippen LogP contribution in [0, 0.1) is 0 Å². The van der Waals surface area contributed by atoms with Crippen molar-refractivity contribution in [3.8, 4) is 0 Å². The summed E-state index contributed by atoms with van der Waals surface area (Å²) in [6.07, 6.45) is 1.86. The third-order valence-electron chi connectivity index (χ3n) is 3.12. The van der Waals surface area contributed by atoms with Gasteiger partial charge in [0.15, 0.2) is 0 Å². The van der Waals surface area contributed by atoms with E-state index >= 15 is 0 Å². The highest BCUT2D eigenvalue weighted by molar-refractivity contribution is 7.88. The van der Waals surface area contributed by atoms with Crippen molar-refractivity contribution in [2.45, 2.75) is 26.3 Å². The van der Waals surface area contributed by atoms with Crippen molar-refractivity contribution in [3.63, 3.8) is 0 Å². The predicted octanol–water partition coefficient (Wildman–Crippen LogP) is 1.30. The number of nitrogens with one attached hydrogen (secondary N) is 1. The van der Waals surface area contributed by atoms with Gasteiger partial charge < -0.3 is 14.8 Å². The lowest BCUT2D eigenvalue weighted by Gasteiger charge is -2.18. The average molecular weight is 318 g/mol. The van der Waals surface area contributed by atoms with E-state index in [4.69, 9.17) is 9.52 Å². The zero-order valence-electron chi connectivity index (χ0n) is 12.5. The summed E-state index contributed by atoms with van der Waals surface area (Å²) in [5, 5.41) is 12.0. The SMILES string of the molecule is CCN(CCCNC(C)c1ccc(C(=O)O)o1)S(C)(=O)=O. The summed E-state index contributed by atoms with van der Waals surface area (Å²) in [6.45, 7) is 5.17. The Kier molecular flexibility index (Phi) is 6.38. The highest BCUT2D eigenvalue weighted by Gasteiger charge is 2.15. The van der Waals surface area contributed by atoms with Crippen molar-refractivity contribution in [3.05, 3.63) is 23.7 Å². The van der Waals surface area contributed by atoms with E-state index in [0.29, 0.717) is 31.8 Å². The van der Waals surface area contributed by atoms with Gasteiger partial charge in [-0.2, -0.15) is 0 Å². The summed E-state index contributed by atoms with van der Waals surface area (Å²) >= 11 is 0. The first-order chi connectivity index (χ1) is 9.75.